The summed E-state index contributed by atoms with van der Waals surface area (Å²) in [5.74, 6) is 1.42. The van der Waals surface area contributed by atoms with Gasteiger partial charge in [-0.2, -0.15) is 15.1 Å². The van der Waals surface area contributed by atoms with E-state index in [4.69, 9.17) is 4.74 Å². The molecule has 5 rings (SSSR count). The molecule has 1 amide bonds. The minimum atomic E-state index is 0.167. The third-order valence-corrected chi connectivity index (χ3v) is 7.02. The Morgan fingerprint density at radius 2 is 2.14 bits per heavy atom. The molecule has 1 saturated heterocycles. The summed E-state index contributed by atoms with van der Waals surface area (Å²) < 4.78 is 7.11. The Labute approximate surface area is 167 Å². The van der Waals surface area contributed by atoms with Crippen LogP contribution in [0, 0.1) is 0 Å². The number of carbonyl (C=O) groups is 1. The van der Waals surface area contributed by atoms with Crippen LogP contribution in [0.2, 0.25) is 0 Å². The lowest BCUT2D eigenvalue weighted by Crippen LogP contribution is -2.39. The first-order chi connectivity index (χ1) is 13.7. The van der Waals surface area contributed by atoms with Crippen molar-refractivity contribution in [2.45, 2.75) is 44.4 Å². The van der Waals surface area contributed by atoms with Gasteiger partial charge in [-0.15, -0.1) is 11.3 Å². The zero-order valence-electron chi connectivity index (χ0n) is 15.9. The van der Waals surface area contributed by atoms with E-state index in [0.29, 0.717) is 18.2 Å². The number of methoxy groups -OCH3 is 1. The summed E-state index contributed by atoms with van der Waals surface area (Å²) in [6.07, 6.45) is 8.20. The zero-order valence-corrected chi connectivity index (χ0v) is 16.7. The number of rotatable bonds is 3. The average molecular weight is 398 g/mol. The van der Waals surface area contributed by atoms with Gasteiger partial charge in [0.1, 0.15) is 6.33 Å². The van der Waals surface area contributed by atoms with Crippen LogP contribution in [-0.4, -0.2) is 50.6 Å². The minimum Gasteiger partial charge on any atom is -0.481 e. The molecule has 1 aliphatic heterocycles. The lowest BCUT2D eigenvalue weighted by molar-refractivity contribution is 0.0710. The van der Waals surface area contributed by atoms with Crippen LogP contribution in [-0.2, 0) is 12.8 Å². The third-order valence-electron chi connectivity index (χ3n) is 5.80. The molecule has 2 aliphatic rings. The van der Waals surface area contributed by atoms with Crippen LogP contribution in [0.15, 0.2) is 18.5 Å². The minimum absolute atomic E-state index is 0.167. The highest BCUT2D eigenvalue weighted by Crippen LogP contribution is 2.33. The number of aromatic nitrogens is 4. The molecule has 0 spiro atoms. The number of hydrogen-bond acceptors (Lipinski definition) is 6. The van der Waals surface area contributed by atoms with Crippen LogP contribution < -0.4 is 4.74 Å². The van der Waals surface area contributed by atoms with Crippen LogP contribution in [0.3, 0.4) is 0 Å². The molecule has 4 heterocycles. The summed E-state index contributed by atoms with van der Waals surface area (Å²) in [5.41, 5.74) is 2.39. The second-order valence-electron chi connectivity index (χ2n) is 7.55. The summed E-state index contributed by atoms with van der Waals surface area (Å²) in [6.45, 7) is 1.49. The topological polar surface area (TPSA) is 72.6 Å². The first-order valence-corrected chi connectivity index (χ1v) is 10.7. The summed E-state index contributed by atoms with van der Waals surface area (Å²) in [7, 11) is 1.61. The number of nitrogens with zero attached hydrogens (tertiary/aromatic N) is 5. The number of hydrogen-bond donors (Lipinski definition) is 0. The Bertz CT molecular complexity index is 1000. The highest BCUT2D eigenvalue weighted by atomic mass is 32.1. The number of fused-ring (bicyclic) bond motifs is 2. The number of amides is 1. The zero-order chi connectivity index (χ0) is 19.1. The van der Waals surface area contributed by atoms with E-state index in [1.807, 2.05) is 11.0 Å². The second-order valence-corrected chi connectivity index (χ2v) is 8.69. The molecule has 8 heteroatoms. The van der Waals surface area contributed by atoms with Crippen molar-refractivity contribution in [3.63, 3.8) is 0 Å². The van der Waals surface area contributed by atoms with Crippen molar-refractivity contribution in [1.82, 2.24) is 24.5 Å². The maximum Gasteiger partial charge on any atom is 0.263 e. The van der Waals surface area contributed by atoms with Crippen molar-refractivity contribution < 1.29 is 9.53 Å². The van der Waals surface area contributed by atoms with Gasteiger partial charge in [0.15, 0.2) is 0 Å². The molecule has 146 valence electrons. The summed E-state index contributed by atoms with van der Waals surface area (Å²) in [5, 5.41) is 4.33. The Kier molecular flexibility index (Phi) is 4.50. The fourth-order valence-corrected chi connectivity index (χ4v) is 5.58. The lowest BCUT2D eigenvalue weighted by Gasteiger charge is -2.32. The van der Waals surface area contributed by atoms with Gasteiger partial charge in [-0.3, -0.25) is 4.79 Å². The standard InChI is InChI=1S/C20H23N5O2S/c1-27-18-10-15(25-20(23-18)21-12-22-25)14-6-4-8-24(11-14)19(26)17-9-13-5-2-3-7-16(13)28-17/h9-10,12,14H,2-8,11H2,1H3. The molecule has 7 nitrogen and oxygen atoms in total. The maximum atomic E-state index is 13.2. The Morgan fingerprint density at radius 3 is 3.00 bits per heavy atom. The molecule has 28 heavy (non-hydrogen) atoms. The summed E-state index contributed by atoms with van der Waals surface area (Å²) in [6, 6.07) is 4.06. The van der Waals surface area contributed by atoms with Crippen molar-refractivity contribution in [3.8, 4) is 5.88 Å². The van der Waals surface area contributed by atoms with Gasteiger partial charge in [0.25, 0.3) is 11.7 Å². The SMILES string of the molecule is COc1cc(C2CCCN(C(=O)c3cc4c(s3)CCCC4)C2)n2ncnc2n1. The van der Waals surface area contributed by atoms with Gasteiger partial charge in [-0.1, -0.05) is 0 Å². The predicted molar refractivity (Wildman–Crippen MR) is 106 cm³/mol. The first kappa shape index (κ1) is 17.6. The number of aryl methyl sites for hydroxylation is 2. The maximum absolute atomic E-state index is 13.2. The van der Waals surface area contributed by atoms with Crippen LogP contribution in [0.5, 0.6) is 5.88 Å². The van der Waals surface area contributed by atoms with Crippen molar-refractivity contribution in [1.29, 1.82) is 0 Å². The van der Waals surface area contributed by atoms with Gasteiger partial charge in [-0.05, 0) is 50.2 Å². The molecule has 0 N–H and O–H groups in total. The van der Waals surface area contributed by atoms with E-state index in [1.165, 1.54) is 29.6 Å². The molecule has 0 radical (unpaired) electrons. The number of piperidine rings is 1. The monoisotopic (exact) mass is 397 g/mol. The molecular weight excluding hydrogens is 374 g/mol. The van der Waals surface area contributed by atoms with Crippen LogP contribution in [0.4, 0.5) is 0 Å². The van der Waals surface area contributed by atoms with Crippen LogP contribution >= 0.6 is 11.3 Å². The van der Waals surface area contributed by atoms with E-state index in [2.05, 4.69) is 21.1 Å². The van der Waals surface area contributed by atoms with Crippen molar-refractivity contribution in [2.24, 2.45) is 0 Å². The molecule has 1 aliphatic carbocycles. The van der Waals surface area contributed by atoms with Crippen LogP contribution in [0.1, 0.15) is 57.4 Å². The smallest absolute Gasteiger partial charge is 0.263 e. The second kappa shape index (κ2) is 7.16. The van der Waals surface area contributed by atoms with Gasteiger partial charge in [0.2, 0.25) is 5.88 Å². The summed E-state index contributed by atoms with van der Waals surface area (Å²) in [4.78, 5) is 26.0. The van der Waals surface area contributed by atoms with Gasteiger partial charge in [0, 0.05) is 30.0 Å². The highest BCUT2D eigenvalue weighted by Gasteiger charge is 2.29. The molecule has 1 atom stereocenters. The number of carbonyl (C=O) groups excluding carboxylic acids is 1. The molecule has 3 aromatic rings. The van der Waals surface area contributed by atoms with E-state index in [-0.39, 0.29) is 11.8 Å². The lowest BCUT2D eigenvalue weighted by atomic mass is 9.94. The predicted octanol–water partition coefficient (Wildman–Crippen LogP) is 3.09. The van der Waals surface area contributed by atoms with Gasteiger partial charge < -0.3 is 9.64 Å². The van der Waals surface area contributed by atoms with Crippen molar-refractivity contribution in [3.05, 3.63) is 39.5 Å². The number of ether oxygens (including phenoxy) is 1. The molecule has 0 bridgehead atoms. The van der Waals surface area contributed by atoms with E-state index < -0.39 is 0 Å². The van der Waals surface area contributed by atoms with E-state index in [0.717, 1.165) is 42.8 Å². The molecule has 0 saturated carbocycles. The Morgan fingerprint density at radius 1 is 1.25 bits per heavy atom. The Hall–Kier alpha value is -2.48. The summed E-state index contributed by atoms with van der Waals surface area (Å²) >= 11 is 1.70. The van der Waals surface area contributed by atoms with Gasteiger partial charge in [0.05, 0.1) is 17.7 Å². The normalized spacial score (nSPS) is 19.6. The van der Waals surface area contributed by atoms with E-state index in [1.54, 1.807) is 23.0 Å². The van der Waals surface area contributed by atoms with Crippen LogP contribution in [0.25, 0.3) is 5.78 Å². The molecule has 3 aromatic heterocycles. The highest BCUT2D eigenvalue weighted by molar-refractivity contribution is 7.14. The average Bonchev–Trinajstić information content (AvgIpc) is 3.39. The fourth-order valence-electron chi connectivity index (χ4n) is 4.36. The van der Waals surface area contributed by atoms with Gasteiger partial charge >= 0.3 is 0 Å². The molecule has 0 aromatic carbocycles. The number of likely N-dealkylation sites (tertiary alicyclic amines) is 1. The van der Waals surface area contributed by atoms with E-state index >= 15 is 0 Å². The van der Waals surface area contributed by atoms with Crippen molar-refractivity contribution >= 4 is 23.0 Å². The third kappa shape index (κ3) is 3.05. The quantitative estimate of drug-likeness (QED) is 0.679. The Balaban J connectivity index is 1.41. The largest absolute Gasteiger partial charge is 0.481 e. The van der Waals surface area contributed by atoms with E-state index in [9.17, 15) is 4.79 Å². The first-order valence-electron chi connectivity index (χ1n) is 9.88. The molecule has 1 fully saturated rings. The fraction of sp³-hybridized carbons (Fsp3) is 0.500. The molecular formula is C20H23N5O2S. The van der Waals surface area contributed by atoms with Gasteiger partial charge in [-0.25, -0.2) is 4.52 Å². The number of thiophene rings is 1. The molecule has 1 unspecified atom stereocenters. The van der Waals surface area contributed by atoms with Crippen molar-refractivity contribution in [2.75, 3.05) is 20.2 Å².